The Morgan fingerprint density at radius 3 is 2.88 bits per heavy atom. The molecule has 25 heavy (non-hydrogen) atoms. The molecule has 5 nitrogen and oxygen atoms in total. The fraction of sp³-hybridized carbons (Fsp3) is 0.421. The number of aromatic nitrogens is 4. The van der Waals surface area contributed by atoms with Gasteiger partial charge in [0.1, 0.15) is 18.0 Å². The molecule has 3 aromatic rings. The Hall–Kier alpha value is -2.50. The van der Waals surface area contributed by atoms with Gasteiger partial charge in [0, 0.05) is 0 Å². The molecule has 1 aromatic carbocycles. The van der Waals surface area contributed by atoms with E-state index in [2.05, 4.69) is 41.2 Å². The summed E-state index contributed by atoms with van der Waals surface area (Å²) < 4.78 is 15.6. The number of nitrogens with one attached hydrogen (secondary N) is 1. The largest absolute Gasteiger partial charge is 0.363 e. The molecule has 1 atom stereocenters. The van der Waals surface area contributed by atoms with Crippen LogP contribution in [0.5, 0.6) is 0 Å². The van der Waals surface area contributed by atoms with E-state index in [1.165, 1.54) is 11.6 Å². The zero-order valence-electron chi connectivity index (χ0n) is 14.8. The predicted octanol–water partition coefficient (Wildman–Crippen LogP) is 4.21. The fourth-order valence-electron chi connectivity index (χ4n) is 3.53. The lowest BCUT2D eigenvalue weighted by molar-refractivity contribution is 0.366. The summed E-state index contributed by atoms with van der Waals surface area (Å²) in [6.07, 6.45) is 6.39. The molecule has 0 fully saturated rings. The lowest BCUT2D eigenvalue weighted by Crippen LogP contribution is -2.23. The number of anilines is 1. The fourth-order valence-corrected chi connectivity index (χ4v) is 3.53. The van der Waals surface area contributed by atoms with E-state index in [1.54, 1.807) is 18.6 Å². The highest BCUT2D eigenvalue weighted by molar-refractivity contribution is 5.86. The Balaban J connectivity index is 1.73. The molecule has 130 valence electrons. The van der Waals surface area contributed by atoms with Crippen LogP contribution in [0.1, 0.15) is 50.8 Å². The van der Waals surface area contributed by atoms with Crippen molar-refractivity contribution in [3.63, 3.8) is 0 Å². The third-order valence-electron chi connectivity index (χ3n) is 4.73. The second kappa shape index (κ2) is 5.79. The Morgan fingerprint density at radius 2 is 2.08 bits per heavy atom. The standard InChI is InChI=1S/C19H22FN5/c1-19(2,3)25-18-15(10-23-25)17(21-11-22-18)24-16-6-4-5-12-7-8-13(20)9-14(12)16/h7-11,16H,4-6H2,1-3H3,(H,21,22,24). The smallest absolute Gasteiger partial charge is 0.163 e. The topological polar surface area (TPSA) is 55.6 Å². The Morgan fingerprint density at radius 1 is 1.24 bits per heavy atom. The van der Waals surface area contributed by atoms with Gasteiger partial charge in [-0.15, -0.1) is 0 Å². The summed E-state index contributed by atoms with van der Waals surface area (Å²) in [5.41, 5.74) is 2.89. The number of aryl methyl sites for hydroxylation is 1. The Bertz CT molecular complexity index is 925. The van der Waals surface area contributed by atoms with E-state index < -0.39 is 0 Å². The van der Waals surface area contributed by atoms with E-state index in [0.29, 0.717) is 0 Å². The van der Waals surface area contributed by atoms with Crippen molar-refractivity contribution in [2.75, 3.05) is 5.32 Å². The van der Waals surface area contributed by atoms with Gasteiger partial charge < -0.3 is 5.32 Å². The summed E-state index contributed by atoms with van der Waals surface area (Å²) in [7, 11) is 0. The lowest BCUT2D eigenvalue weighted by Gasteiger charge is -2.27. The maximum atomic E-state index is 13.7. The number of hydrogen-bond acceptors (Lipinski definition) is 4. The molecule has 1 aliphatic rings. The van der Waals surface area contributed by atoms with Crippen LogP contribution in [0.25, 0.3) is 11.0 Å². The molecule has 6 heteroatoms. The van der Waals surface area contributed by atoms with Crippen LogP contribution in [0.3, 0.4) is 0 Å². The minimum atomic E-state index is -0.194. The SMILES string of the molecule is CC(C)(C)n1ncc2c(NC3CCCc4ccc(F)cc43)ncnc21. The molecule has 1 aliphatic carbocycles. The number of rotatable bonds is 2. The van der Waals surface area contributed by atoms with Gasteiger partial charge in [0.15, 0.2) is 5.65 Å². The van der Waals surface area contributed by atoms with Gasteiger partial charge in [-0.3, -0.25) is 0 Å². The molecule has 0 radical (unpaired) electrons. The van der Waals surface area contributed by atoms with Crippen molar-refractivity contribution < 1.29 is 4.39 Å². The Labute approximate surface area is 146 Å². The van der Waals surface area contributed by atoms with Crippen LogP contribution >= 0.6 is 0 Å². The van der Waals surface area contributed by atoms with Crippen LogP contribution in [0.2, 0.25) is 0 Å². The van der Waals surface area contributed by atoms with Crippen molar-refractivity contribution in [2.24, 2.45) is 0 Å². The van der Waals surface area contributed by atoms with Crippen LogP contribution in [-0.2, 0) is 12.0 Å². The van der Waals surface area contributed by atoms with Gasteiger partial charge in [0.05, 0.1) is 23.2 Å². The van der Waals surface area contributed by atoms with Crippen molar-refractivity contribution >= 4 is 16.9 Å². The summed E-state index contributed by atoms with van der Waals surface area (Å²) in [6.45, 7) is 6.28. The minimum Gasteiger partial charge on any atom is -0.363 e. The van der Waals surface area contributed by atoms with Crippen molar-refractivity contribution in [3.8, 4) is 0 Å². The minimum absolute atomic E-state index is 0.0514. The molecule has 2 heterocycles. The van der Waals surface area contributed by atoms with E-state index >= 15 is 0 Å². The molecule has 1 unspecified atom stereocenters. The first-order chi connectivity index (χ1) is 11.9. The van der Waals surface area contributed by atoms with Crippen LogP contribution in [-0.4, -0.2) is 19.7 Å². The number of benzene rings is 1. The van der Waals surface area contributed by atoms with Crippen LogP contribution in [0, 0.1) is 5.82 Å². The normalized spacial score (nSPS) is 17.5. The molecular formula is C19H22FN5. The molecule has 1 N–H and O–H groups in total. The van der Waals surface area contributed by atoms with Gasteiger partial charge in [-0.1, -0.05) is 6.07 Å². The van der Waals surface area contributed by atoms with Crippen molar-refractivity contribution in [2.45, 2.75) is 51.6 Å². The summed E-state index contributed by atoms with van der Waals surface area (Å²) in [4.78, 5) is 8.83. The molecule has 0 bridgehead atoms. The van der Waals surface area contributed by atoms with Crippen molar-refractivity contribution in [1.82, 2.24) is 19.7 Å². The second-order valence-corrected chi connectivity index (χ2v) is 7.62. The van der Waals surface area contributed by atoms with Crippen LogP contribution in [0.4, 0.5) is 10.2 Å². The summed E-state index contributed by atoms with van der Waals surface area (Å²) >= 11 is 0. The van der Waals surface area contributed by atoms with Gasteiger partial charge in [-0.25, -0.2) is 19.0 Å². The van der Waals surface area contributed by atoms with E-state index in [9.17, 15) is 4.39 Å². The zero-order valence-corrected chi connectivity index (χ0v) is 14.8. The molecule has 4 rings (SSSR count). The van der Waals surface area contributed by atoms with E-state index in [1.807, 2.05) is 10.7 Å². The highest BCUT2D eigenvalue weighted by Crippen LogP contribution is 2.34. The van der Waals surface area contributed by atoms with E-state index in [4.69, 9.17) is 0 Å². The third-order valence-corrected chi connectivity index (χ3v) is 4.73. The van der Waals surface area contributed by atoms with Crippen molar-refractivity contribution in [3.05, 3.63) is 47.7 Å². The molecule has 2 aromatic heterocycles. The quantitative estimate of drug-likeness (QED) is 0.760. The van der Waals surface area contributed by atoms with Crippen LogP contribution in [0.15, 0.2) is 30.7 Å². The van der Waals surface area contributed by atoms with Gasteiger partial charge in [-0.2, -0.15) is 5.10 Å². The highest BCUT2D eigenvalue weighted by atomic mass is 19.1. The second-order valence-electron chi connectivity index (χ2n) is 7.62. The first-order valence-corrected chi connectivity index (χ1v) is 8.67. The molecule has 0 amide bonds. The molecule has 0 saturated carbocycles. The third kappa shape index (κ3) is 2.86. The number of nitrogens with zero attached hydrogens (tertiary/aromatic N) is 4. The Kier molecular flexibility index (Phi) is 3.71. The highest BCUT2D eigenvalue weighted by Gasteiger charge is 2.24. The molecule has 0 spiro atoms. The number of halogens is 1. The first kappa shape index (κ1) is 16.0. The predicted molar refractivity (Wildman–Crippen MR) is 96.0 cm³/mol. The summed E-state index contributed by atoms with van der Waals surface area (Å²) in [5, 5.41) is 8.88. The molecule has 0 saturated heterocycles. The number of hydrogen-bond donors (Lipinski definition) is 1. The summed E-state index contributed by atoms with van der Waals surface area (Å²) in [6, 6.07) is 5.13. The maximum Gasteiger partial charge on any atom is 0.163 e. The van der Waals surface area contributed by atoms with Gasteiger partial charge in [-0.05, 0) is 63.3 Å². The number of fused-ring (bicyclic) bond motifs is 2. The average molecular weight is 339 g/mol. The monoisotopic (exact) mass is 339 g/mol. The lowest BCUT2D eigenvalue weighted by atomic mass is 9.87. The average Bonchev–Trinajstić information content (AvgIpc) is 3.01. The van der Waals surface area contributed by atoms with Gasteiger partial charge in [0.25, 0.3) is 0 Å². The molecular weight excluding hydrogens is 317 g/mol. The van der Waals surface area contributed by atoms with E-state index in [-0.39, 0.29) is 17.4 Å². The van der Waals surface area contributed by atoms with Gasteiger partial charge in [0.2, 0.25) is 0 Å². The zero-order chi connectivity index (χ0) is 17.6. The summed E-state index contributed by atoms with van der Waals surface area (Å²) in [5.74, 6) is 0.559. The van der Waals surface area contributed by atoms with Crippen molar-refractivity contribution in [1.29, 1.82) is 0 Å². The molecule has 0 aliphatic heterocycles. The van der Waals surface area contributed by atoms with Crippen LogP contribution < -0.4 is 5.32 Å². The first-order valence-electron chi connectivity index (χ1n) is 8.67. The maximum absolute atomic E-state index is 13.7. The van der Waals surface area contributed by atoms with Gasteiger partial charge >= 0.3 is 0 Å². The van der Waals surface area contributed by atoms with E-state index in [0.717, 1.165) is 41.7 Å².